The van der Waals surface area contributed by atoms with Crippen LogP contribution in [0.2, 0.25) is 0 Å². The van der Waals surface area contributed by atoms with Gasteiger partial charge >= 0.3 is 5.97 Å². The number of carboxylic acids is 1. The van der Waals surface area contributed by atoms with Gasteiger partial charge in [-0.2, -0.15) is 23.5 Å². The van der Waals surface area contributed by atoms with Gasteiger partial charge in [-0.1, -0.05) is 26.2 Å². The maximum absolute atomic E-state index is 10.5. The molecule has 0 aliphatic carbocycles. The minimum atomic E-state index is -0.668. The number of fused-ring (bicyclic) bond motifs is 2. The Labute approximate surface area is 162 Å². The van der Waals surface area contributed by atoms with E-state index in [-0.39, 0.29) is 0 Å². The van der Waals surface area contributed by atoms with Crippen molar-refractivity contribution >= 4 is 29.5 Å². The molecule has 2 aliphatic heterocycles. The number of unbranched alkanes of at least 4 members (excludes halogenated alkanes) is 4. The van der Waals surface area contributed by atoms with Gasteiger partial charge in [0.2, 0.25) is 0 Å². The van der Waals surface area contributed by atoms with Gasteiger partial charge in [0.1, 0.15) is 0 Å². The lowest BCUT2D eigenvalue weighted by Gasteiger charge is -2.27. The molecular weight excluding hydrogens is 352 g/mol. The third kappa shape index (κ3) is 7.72. The second-order valence-corrected chi connectivity index (χ2v) is 9.88. The molecule has 0 spiro atoms. The zero-order chi connectivity index (χ0) is 17.9. The number of carboxylic acid groups (broad SMARTS) is 1. The molecule has 4 atom stereocenters. The van der Waals surface area contributed by atoms with E-state index < -0.39 is 5.97 Å². The fraction of sp³-hybridized carbons (Fsp3) is 0.950. The lowest BCUT2D eigenvalue weighted by atomic mass is 9.79. The zero-order valence-electron chi connectivity index (χ0n) is 15.8. The van der Waals surface area contributed by atoms with Crippen LogP contribution in [0.3, 0.4) is 0 Å². The molecule has 2 saturated heterocycles. The Balaban J connectivity index is 1.57. The maximum atomic E-state index is 10.5. The average Bonchev–Trinajstić information content (AvgIpc) is 3.19. The van der Waals surface area contributed by atoms with Gasteiger partial charge in [-0.15, -0.1) is 0 Å². The second kappa shape index (κ2) is 12.5. The summed E-state index contributed by atoms with van der Waals surface area (Å²) < 4.78 is 6.22. The highest BCUT2D eigenvalue weighted by Crippen LogP contribution is 2.46. The monoisotopic (exact) mass is 388 g/mol. The van der Waals surface area contributed by atoms with Gasteiger partial charge in [0.05, 0.1) is 12.2 Å². The summed E-state index contributed by atoms with van der Waals surface area (Å²) in [5.74, 6) is 5.77. The molecule has 0 amide bonds. The highest BCUT2D eigenvalue weighted by Gasteiger charge is 2.47. The lowest BCUT2D eigenvalue weighted by Crippen LogP contribution is -2.29. The third-order valence-corrected chi connectivity index (χ3v) is 7.87. The summed E-state index contributed by atoms with van der Waals surface area (Å²) in [6.07, 6.45) is 12.5. The predicted octanol–water partition coefficient (Wildman–Crippen LogP) is 5.47. The fourth-order valence-electron chi connectivity index (χ4n) is 4.15. The Bertz CT molecular complexity index is 378. The number of rotatable bonds is 15. The fourth-order valence-corrected chi connectivity index (χ4v) is 6.51. The van der Waals surface area contributed by atoms with Crippen LogP contribution < -0.4 is 0 Å². The molecule has 0 aromatic carbocycles. The van der Waals surface area contributed by atoms with Crippen LogP contribution in [-0.4, -0.2) is 46.3 Å². The third-order valence-electron chi connectivity index (χ3n) is 5.57. The van der Waals surface area contributed by atoms with Crippen molar-refractivity contribution in [3.8, 4) is 0 Å². The smallest absolute Gasteiger partial charge is 0.303 e. The summed E-state index contributed by atoms with van der Waals surface area (Å²) in [6, 6.07) is 0. The van der Waals surface area contributed by atoms with E-state index in [1.165, 1.54) is 62.2 Å². The Morgan fingerprint density at radius 1 is 0.960 bits per heavy atom. The first kappa shape index (κ1) is 21.4. The highest BCUT2D eigenvalue weighted by molar-refractivity contribution is 7.99. The predicted molar refractivity (Wildman–Crippen MR) is 110 cm³/mol. The first-order chi connectivity index (χ1) is 12.2. The van der Waals surface area contributed by atoms with E-state index in [0.29, 0.717) is 18.6 Å². The van der Waals surface area contributed by atoms with Crippen molar-refractivity contribution in [2.24, 2.45) is 11.8 Å². The molecule has 0 unspecified atom stereocenters. The molecule has 5 heteroatoms. The first-order valence-corrected chi connectivity index (χ1v) is 12.6. The second-order valence-electron chi connectivity index (χ2n) is 7.51. The van der Waals surface area contributed by atoms with Crippen molar-refractivity contribution in [2.45, 2.75) is 83.3 Å². The highest BCUT2D eigenvalue weighted by atomic mass is 32.2. The van der Waals surface area contributed by atoms with E-state index in [9.17, 15) is 4.79 Å². The standard InChI is InChI=1S/C20H36O3S2/c1-2-3-4-6-12-24-14-11-16-17(19-10-9-18(16)23-19)15-25-13-7-5-8-20(21)22/h16-19H,2-15H2,1H3,(H,21,22)/t16-,17+,18-,19+/m1/s1. The summed E-state index contributed by atoms with van der Waals surface area (Å²) in [4.78, 5) is 10.5. The number of ether oxygens (including phenoxy) is 1. The molecule has 0 aromatic rings. The zero-order valence-corrected chi connectivity index (χ0v) is 17.4. The first-order valence-electron chi connectivity index (χ1n) is 10.2. The number of hydrogen-bond donors (Lipinski definition) is 1. The summed E-state index contributed by atoms with van der Waals surface area (Å²) in [7, 11) is 0. The minimum absolute atomic E-state index is 0.315. The van der Waals surface area contributed by atoms with E-state index in [2.05, 4.69) is 18.7 Å². The van der Waals surface area contributed by atoms with E-state index >= 15 is 0 Å². The number of hydrogen-bond acceptors (Lipinski definition) is 4. The summed E-state index contributed by atoms with van der Waals surface area (Å²) in [6.45, 7) is 2.27. The van der Waals surface area contributed by atoms with Crippen LogP contribution in [0.25, 0.3) is 0 Å². The minimum Gasteiger partial charge on any atom is -0.481 e. The molecule has 146 valence electrons. The molecular formula is C20H36O3S2. The molecule has 0 saturated carbocycles. The van der Waals surface area contributed by atoms with Crippen molar-refractivity contribution in [1.82, 2.24) is 0 Å². The number of carbonyl (C=O) groups is 1. The summed E-state index contributed by atoms with van der Waals surface area (Å²) >= 11 is 4.16. The molecule has 2 aliphatic rings. The molecule has 3 nitrogen and oxygen atoms in total. The maximum Gasteiger partial charge on any atom is 0.303 e. The van der Waals surface area contributed by atoms with Crippen molar-refractivity contribution in [3.05, 3.63) is 0 Å². The average molecular weight is 389 g/mol. The number of thioether (sulfide) groups is 2. The van der Waals surface area contributed by atoms with E-state index in [1.807, 2.05) is 11.8 Å². The van der Waals surface area contributed by atoms with Crippen LogP contribution in [-0.2, 0) is 9.53 Å². The molecule has 0 radical (unpaired) electrons. The van der Waals surface area contributed by atoms with E-state index in [0.717, 1.165) is 30.4 Å². The van der Waals surface area contributed by atoms with Gasteiger partial charge < -0.3 is 9.84 Å². The SMILES string of the molecule is CCCCCCSCC[C@@H]1[C@H](CSCCCCC(=O)O)[C@@H]2CC[C@H]1O2. The van der Waals surface area contributed by atoms with Crippen LogP contribution in [0.4, 0.5) is 0 Å². The number of aliphatic carboxylic acids is 1. The van der Waals surface area contributed by atoms with Gasteiger partial charge in [0.15, 0.2) is 0 Å². The van der Waals surface area contributed by atoms with Gasteiger partial charge in [-0.05, 0) is 73.4 Å². The Kier molecular flexibility index (Phi) is 10.7. The Hall–Kier alpha value is 0.130. The van der Waals surface area contributed by atoms with Gasteiger partial charge in [0.25, 0.3) is 0 Å². The summed E-state index contributed by atoms with van der Waals surface area (Å²) in [5, 5.41) is 8.69. The Morgan fingerprint density at radius 3 is 2.44 bits per heavy atom. The topological polar surface area (TPSA) is 46.5 Å². The van der Waals surface area contributed by atoms with E-state index in [4.69, 9.17) is 9.84 Å². The van der Waals surface area contributed by atoms with Crippen molar-refractivity contribution in [2.75, 3.05) is 23.0 Å². The van der Waals surface area contributed by atoms with Gasteiger partial charge in [-0.3, -0.25) is 4.79 Å². The summed E-state index contributed by atoms with van der Waals surface area (Å²) in [5.41, 5.74) is 0. The van der Waals surface area contributed by atoms with Crippen molar-refractivity contribution < 1.29 is 14.6 Å². The quantitative estimate of drug-likeness (QED) is 0.377. The van der Waals surface area contributed by atoms with Crippen molar-refractivity contribution in [1.29, 1.82) is 0 Å². The van der Waals surface area contributed by atoms with E-state index in [1.54, 1.807) is 0 Å². The van der Waals surface area contributed by atoms with Crippen LogP contribution in [0.1, 0.15) is 71.1 Å². The van der Waals surface area contributed by atoms with Crippen LogP contribution in [0.5, 0.6) is 0 Å². The molecule has 2 rings (SSSR count). The molecule has 0 aromatic heterocycles. The van der Waals surface area contributed by atoms with Crippen LogP contribution >= 0.6 is 23.5 Å². The lowest BCUT2D eigenvalue weighted by molar-refractivity contribution is -0.137. The molecule has 2 fully saturated rings. The Morgan fingerprint density at radius 2 is 1.68 bits per heavy atom. The molecule has 1 N–H and O–H groups in total. The molecule has 25 heavy (non-hydrogen) atoms. The van der Waals surface area contributed by atoms with Gasteiger partial charge in [-0.25, -0.2) is 0 Å². The van der Waals surface area contributed by atoms with Crippen LogP contribution in [0, 0.1) is 11.8 Å². The van der Waals surface area contributed by atoms with Gasteiger partial charge in [0, 0.05) is 6.42 Å². The van der Waals surface area contributed by atoms with Crippen molar-refractivity contribution in [3.63, 3.8) is 0 Å². The largest absolute Gasteiger partial charge is 0.481 e. The molecule has 2 bridgehead atoms. The molecule has 2 heterocycles. The normalized spacial score (nSPS) is 27.9. The van der Waals surface area contributed by atoms with Crippen LogP contribution in [0.15, 0.2) is 0 Å².